The van der Waals surface area contributed by atoms with E-state index >= 15 is 0 Å². The molecule has 10 heteroatoms. The lowest BCUT2D eigenvalue weighted by molar-refractivity contribution is -0.129. The summed E-state index contributed by atoms with van der Waals surface area (Å²) in [6, 6.07) is 7.79. The molecule has 1 N–H and O–H groups in total. The summed E-state index contributed by atoms with van der Waals surface area (Å²) in [6.45, 7) is 14.9. The number of hydrogen-bond donors (Lipinski definition) is 1. The van der Waals surface area contributed by atoms with Gasteiger partial charge in [-0.2, -0.15) is 9.40 Å². The van der Waals surface area contributed by atoms with E-state index in [4.69, 9.17) is 5.10 Å². The number of hydrogen-bond acceptors (Lipinski definition) is 5. The predicted octanol–water partition coefficient (Wildman–Crippen LogP) is 3.04. The first-order chi connectivity index (χ1) is 15.6. The smallest absolute Gasteiger partial charge is 0.256 e. The minimum absolute atomic E-state index is 0.0603. The van der Waals surface area contributed by atoms with Crippen LogP contribution >= 0.6 is 0 Å². The maximum atomic E-state index is 13.0. The highest BCUT2D eigenvalue weighted by Crippen LogP contribution is 2.28. The fourth-order valence-corrected chi connectivity index (χ4v) is 5.13. The molecule has 0 unspecified atom stereocenters. The van der Waals surface area contributed by atoms with Crippen molar-refractivity contribution >= 4 is 27.7 Å². The number of nitrogens with one attached hydrogen (secondary N) is 1. The van der Waals surface area contributed by atoms with Gasteiger partial charge in [-0.1, -0.05) is 20.8 Å². The molecule has 0 bridgehead atoms. The number of benzene rings is 1. The normalized spacial score (nSPS) is 15.9. The van der Waals surface area contributed by atoms with Crippen molar-refractivity contribution in [2.24, 2.45) is 0 Å². The minimum atomic E-state index is -3.70. The summed E-state index contributed by atoms with van der Waals surface area (Å²) in [5.74, 6) is 0.183. The summed E-state index contributed by atoms with van der Waals surface area (Å²) in [5, 5.41) is 7.63. The van der Waals surface area contributed by atoms with E-state index in [2.05, 4.69) is 26.1 Å². The zero-order valence-corrected chi connectivity index (χ0v) is 21.9. The Morgan fingerprint density at radius 2 is 1.50 bits per heavy atom. The first-order valence-electron chi connectivity index (χ1n) is 11.4. The van der Waals surface area contributed by atoms with Crippen LogP contribution in [-0.2, 0) is 25.8 Å². The molecule has 2 amide bonds. The van der Waals surface area contributed by atoms with Gasteiger partial charge in [-0.25, -0.2) is 13.1 Å². The van der Waals surface area contributed by atoms with Crippen LogP contribution in [0.1, 0.15) is 64.5 Å². The highest BCUT2D eigenvalue weighted by Gasteiger charge is 2.30. The molecule has 1 fully saturated rings. The molecule has 1 aromatic carbocycles. The van der Waals surface area contributed by atoms with Gasteiger partial charge in [0.15, 0.2) is 0 Å². The molecule has 0 atom stereocenters. The Bertz CT molecular complexity index is 1160. The molecular formula is C24H35N5O4S. The zero-order valence-electron chi connectivity index (χ0n) is 21.0. The van der Waals surface area contributed by atoms with Crippen molar-refractivity contribution in [3.8, 4) is 0 Å². The van der Waals surface area contributed by atoms with E-state index in [-0.39, 0.29) is 40.8 Å². The summed E-state index contributed by atoms with van der Waals surface area (Å²) < 4.78 is 29.2. The van der Waals surface area contributed by atoms with Crippen molar-refractivity contribution in [3.05, 3.63) is 41.6 Å². The van der Waals surface area contributed by atoms with Gasteiger partial charge < -0.3 is 10.2 Å². The molecule has 186 valence electrons. The number of nitrogens with zero attached hydrogens (tertiary/aromatic N) is 4. The van der Waals surface area contributed by atoms with E-state index in [9.17, 15) is 18.0 Å². The molecule has 2 heterocycles. The highest BCUT2D eigenvalue weighted by molar-refractivity contribution is 7.89. The Morgan fingerprint density at radius 3 is 1.97 bits per heavy atom. The largest absolute Gasteiger partial charge is 0.340 e. The van der Waals surface area contributed by atoms with Crippen LogP contribution < -0.4 is 5.32 Å². The molecule has 1 aliphatic heterocycles. The van der Waals surface area contributed by atoms with Gasteiger partial charge in [-0.3, -0.25) is 9.59 Å². The minimum Gasteiger partial charge on any atom is -0.340 e. The molecule has 0 aliphatic carbocycles. The maximum Gasteiger partial charge on any atom is 0.256 e. The first kappa shape index (κ1) is 25.9. The third-order valence-corrected chi connectivity index (χ3v) is 7.71. The fourth-order valence-electron chi connectivity index (χ4n) is 3.71. The number of carbonyl (C=O) groups is 2. The lowest BCUT2D eigenvalue weighted by Crippen LogP contribution is -2.49. The molecule has 9 nitrogen and oxygen atoms in total. The monoisotopic (exact) mass is 489 g/mol. The second kappa shape index (κ2) is 9.14. The molecule has 0 saturated carbocycles. The number of anilines is 1. The predicted molar refractivity (Wildman–Crippen MR) is 131 cm³/mol. The van der Waals surface area contributed by atoms with Crippen molar-refractivity contribution in [1.82, 2.24) is 19.0 Å². The Labute approximate surface area is 202 Å². The average Bonchev–Trinajstić information content (AvgIpc) is 3.19. The SMILES string of the molecule is CC(=O)N1CCN(S(=O)(=O)c2ccc(C(=O)Nc3cc(C(C)(C)C)nn3C(C)(C)C)cc2)CC1. The van der Waals surface area contributed by atoms with Gasteiger partial charge >= 0.3 is 0 Å². The van der Waals surface area contributed by atoms with Gasteiger partial charge in [0.05, 0.1) is 16.1 Å². The van der Waals surface area contributed by atoms with Gasteiger partial charge in [0.2, 0.25) is 15.9 Å². The van der Waals surface area contributed by atoms with Gasteiger partial charge in [0, 0.05) is 50.1 Å². The Hall–Kier alpha value is -2.72. The fraction of sp³-hybridized carbons (Fsp3) is 0.542. The number of rotatable bonds is 4. The van der Waals surface area contributed by atoms with Crippen LogP contribution in [0.5, 0.6) is 0 Å². The van der Waals surface area contributed by atoms with Crippen molar-refractivity contribution in [3.63, 3.8) is 0 Å². The second-order valence-corrected chi connectivity index (χ2v) is 12.6. The van der Waals surface area contributed by atoms with Gasteiger partial charge in [0.25, 0.3) is 5.91 Å². The van der Waals surface area contributed by atoms with Crippen molar-refractivity contribution in [2.45, 2.75) is 64.3 Å². The van der Waals surface area contributed by atoms with E-state index in [1.54, 1.807) is 9.58 Å². The maximum absolute atomic E-state index is 13.0. The van der Waals surface area contributed by atoms with Gasteiger partial charge in [-0.15, -0.1) is 0 Å². The van der Waals surface area contributed by atoms with Crippen molar-refractivity contribution in [2.75, 3.05) is 31.5 Å². The third-order valence-electron chi connectivity index (χ3n) is 5.79. The second-order valence-electron chi connectivity index (χ2n) is 10.6. The van der Waals surface area contributed by atoms with E-state index in [0.29, 0.717) is 24.5 Å². The zero-order chi connectivity index (χ0) is 25.5. The Kier molecular flexibility index (Phi) is 6.96. The Morgan fingerprint density at radius 1 is 0.941 bits per heavy atom. The van der Waals surface area contributed by atoms with Crippen LogP contribution in [0.15, 0.2) is 35.2 Å². The lowest BCUT2D eigenvalue weighted by Gasteiger charge is -2.33. The van der Waals surface area contributed by atoms with E-state index in [1.807, 2.05) is 26.8 Å². The van der Waals surface area contributed by atoms with Crippen LogP contribution in [0.2, 0.25) is 0 Å². The van der Waals surface area contributed by atoms with E-state index < -0.39 is 10.0 Å². The summed E-state index contributed by atoms with van der Waals surface area (Å²) >= 11 is 0. The molecule has 2 aromatic rings. The van der Waals surface area contributed by atoms with Crippen LogP contribution in [0.25, 0.3) is 0 Å². The molecule has 1 saturated heterocycles. The molecule has 0 spiro atoms. The van der Waals surface area contributed by atoms with Crippen LogP contribution in [0.4, 0.5) is 5.82 Å². The van der Waals surface area contributed by atoms with Gasteiger partial charge in [-0.05, 0) is 45.0 Å². The average molecular weight is 490 g/mol. The van der Waals surface area contributed by atoms with Crippen molar-refractivity contribution < 1.29 is 18.0 Å². The van der Waals surface area contributed by atoms with E-state index in [0.717, 1.165) is 5.69 Å². The van der Waals surface area contributed by atoms with Crippen molar-refractivity contribution in [1.29, 1.82) is 0 Å². The van der Waals surface area contributed by atoms with Crippen LogP contribution in [0, 0.1) is 0 Å². The highest BCUT2D eigenvalue weighted by atomic mass is 32.2. The third kappa shape index (κ3) is 5.50. The molecule has 0 radical (unpaired) electrons. The molecule has 1 aromatic heterocycles. The number of amides is 2. The quantitative estimate of drug-likeness (QED) is 0.711. The van der Waals surface area contributed by atoms with Gasteiger partial charge in [0.1, 0.15) is 5.82 Å². The molecule has 34 heavy (non-hydrogen) atoms. The standard InChI is InChI=1S/C24H35N5O4S/c1-17(30)27-12-14-28(15-13-27)34(32,33)19-10-8-18(9-11-19)22(31)25-21-16-20(23(2,3)4)26-29(21)24(5,6)7/h8-11,16H,12-15H2,1-7H3,(H,25,31). The summed E-state index contributed by atoms with van der Waals surface area (Å²) in [5.41, 5.74) is 0.696. The first-order valence-corrected chi connectivity index (χ1v) is 12.8. The Balaban J connectivity index is 1.77. The summed E-state index contributed by atoms with van der Waals surface area (Å²) in [6.07, 6.45) is 0. The van der Waals surface area contributed by atoms with Crippen LogP contribution in [-0.4, -0.2) is 65.4 Å². The summed E-state index contributed by atoms with van der Waals surface area (Å²) in [7, 11) is -3.70. The molecule has 3 rings (SSSR count). The van der Waals surface area contributed by atoms with E-state index in [1.165, 1.54) is 35.5 Å². The van der Waals surface area contributed by atoms with Crippen LogP contribution in [0.3, 0.4) is 0 Å². The number of aromatic nitrogens is 2. The number of carbonyl (C=O) groups excluding carboxylic acids is 2. The summed E-state index contributed by atoms with van der Waals surface area (Å²) in [4.78, 5) is 26.2. The molecular weight excluding hydrogens is 454 g/mol. The number of sulfonamides is 1. The molecule has 1 aliphatic rings. The number of piperazine rings is 1. The lowest BCUT2D eigenvalue weighted by atomic mass is 9.92. The topological polar surface area (TPSA) is 105 Å².